The number of benzene rings is 1. The van der Waals surface area contributed by atoms with E-state index in [4.69, 9.17) is 19.9 Å². The van der Waals surface area contributed by atoms with Gasteiger partial charge in [-0.3, -0.25) is 9.59 Å². The number of rotatable bonds is 8. The molecule has 0 bridgehead atoms. The van der Waals surface area contributed by atoms with Crippen LogP contribution in [0.2, 0.25) is 0 Å². The number of fused-ring (bicyclic) bond motifs is 3. The van der Waals surface area contributed by atoms with Crippen LogP contribution in [0.25, 0.3) is 26.9 Å². The van der Waals surface area contributed by atoms with Crippen LogP contribution in [-0.2, 0) is 19.1 Å². The number of hydrogen-bond acceptors (Lipinski definition) is 8. The van der Waals surface area contributed by atoms with Gasteiger partial charge in [-0.25, -0.2) is 9.59 Å². The van der Waals surface area contributed by atoms with E-state index >= 15 is 0 Å². The Morgan fingerprint density at radius 1 is 1.03 bits per heavy atom. The van der Waals surface area contributed by atoms with Gasteiger partial charge in [0.2, 0.25) is 0 Å². The minimum Gasteiger partial charge on any atom is -0.480 e. The average Bonchev–Trinajstić information content (AvgIpc) is 3.37. The second-order valence-electron chi connectivity index (χ2n) is 7.09. The van der Waals surface area contributed by atoms with E-state index in [9.17, 15) is 19.2 Å². The molecule has 4 aromatic rings. The van der Waals surface area contributed by atoms with Gasteiger partial charge in [-0.1, -0.05) is 30.3 Å². The van der Waals surface area contributed by atoms with Crippen LogP contribution < -0.4 is 10.5 Å². The van der Waals surface area contributed by atoms with E-state index in [0.29, 0.717) is 21.3 Å². The first-order chi connectivity index (χ1) is 16.4. The van der Waals surface area contributed by atoms with Crippen molar-refractivity contribution in [3.8, 4) is 16.9 Å². The smallest absolute Gasteiger partial charge is 0.348 e. The number of methoxy groups -OCH3 is 1. The summed E-state index contributed by atoms with van der Waals surface area (Å²) < 4.78 is 17.6. The molecule has 3 aromatic heterocycles. The van der Waals surface area contributed by atoms with Crippen LogP contribution in [0.5, 0.6) is 5.75 Å². The number of ketones is 1. The first-order valence-electron chi connectivity index (χ1n) is 10.2. The van der Waals surface area contributed by atoms with Crippen molar-refractivity contribution >= 4 is 50.7 Å². The third kappa shape index (κ3) is 3.88. The molecule has 1 aromatic carbocycles. The number of esters is 2. The van der Waals surface area contributed by atoms with Gasteiger partial charge in [0.05, 0.1) is 29.5 Å². The van der Waals surface area contributed by atoms with Gasteiger partial charge >= 0.3 is 11.9 Å². The highest BCUT2D eigenvalue weighted by atomic mass is 32.1. The predicted octanol–water partition coefficient (Wildman–Crippen LogP) is 3.22. The van der Waals surface area contributed by atoms with Crippen LogP contribution in [-0.4, -0.2) is 48.4 Å². The van der Waals surface area contributed by atoms with Crippen LogP contribution in [0.1, 0.15) is 27.0 Å². The Morgan fingerprint density at radius 2 is 1.76 bits per heavy atom. The summed E-state index contributed by atoms with van der Waals surface area (Å²) in [6.07, 6.45) is 1.67. The van der Waals surface area contributed by atoms with Crippen molar-refractivity contribution in [2.45, 2.75) is 6.92 Å². The maximum absolute atomic E-state index is 13.0. The summed E-state index contributed by atoms with van der Waals surface area (Å²) in [7, 11) is 1.27. The average molecular weight is 480 g/mol. The van der Waals surface area contributed by atoms with Gasteiger partial charge in [-0.15, -0.1) is 11.3 Å². The zero-order valence-electron chi connectivity index (χ0n) is 18.3. The van der Waals surface area contributed by atoms with Gasteiger partial charge < -0.3 is 24.3 Å². The molecule has 9 nitrogen and oxygen atoms in total. The van der Waals surface area contributed by atoms with Crippen molar-refractivity contribution < 1.29 is 33.4 Å². The summed E-state index contributed by atoms with van der Waals surface area (Å²) in [6, 6.07) is 12.4. The molecule has 174 valence electrons. The molecular weight excluding hydrogens is 460 g/mol. The van der Waals surface area contributed by atoms with Gasteiger partial charge in [-0.05, 0) is 24.6 Å². The lowest BCUT2D eigenvalue weighted by molar-refractivity contribution is -0.145. The molecule has 0 saturated heterocycles. The van der Waals surface area contributed by atoms with E-state index in [0.717, 1.165) is 11.3 Å². The highest BCUT2D eigenvalue weighted by Crippen LogP contribution is 2.45. The fourth-order valence-electron chi connectivity index (χ4n) is 3.75. The number of aromatic nitrogens is 1. The van der Waals surface area contributed by atoms with Gasteiger partial charge in [0.25, 0.3) is 11.7 Å². The fraction of sp³-hybridized carbons (Fsp3) is 0.167. The molecule has 0 aliphatic carbocycles. The molecule has 0 saturated carbocycles. The third-order valence-corrected chi connectivity index (χ3v) is 6.26. The number of carbonyl (C=O) groups is 4. The quantitative estimate of drug-likeness (QED) is 0.233. The minimum absolute atomic E-state index is 0.0145. The van der Waals surface area contributed by atoms with E-state index in [1.165, 1.54) is 7.11 Å². The Morgan fingerprint density at radius 3 is 2.41 bits per heavy atom. The van der Waals surface area contributed by atoms with Gasteiger partial charge in [-0.2, -0.15) is 0 Å². The maximum atomic E-state index is 13.0. The monoisotopic (exact) mass is 480 g/mol. The summed E-state index contributed by atoms with van der Waals surface area (Å²) in [5, 5.41) is 0. The van der Waals surface area contributed by atoms with E-state index in [1.807, 2.05) is 30.3 Å². The molecule has 0 spiro atoms. The Kier molecular flexibility index (Phi) is 6.33. The second kappa shape index (κ2) is 9.36. The van der Waals surface area contributed by atoms with Crippen LogP contribution in [0.15, 0.2) is 48.7 Å². The molecule has 3 heterocycles. The zero-order chi connectivity index (χ0) is 24.4. The SMILES string of the molecule is CCOC(=O)COc1cccn2c1c(C(=O)C(N)=O)c1sc(C(=O)OC)c(-c3ccccc3)c12. The van der Waals surface area contributed by atoms with Gasteiger partial charge in [0.1, 0.15) is 16.1 Å². The number of amides is 1. The molecule has 0 aliphatic heterocycles. The lowest BCUT2D eigenvalue weighted by Gasteiger charge is -2.10. The number of hydrogen-bond donors (Lipinski definition) is 1. The highest BCUT2D eigenvalue weighted by molar-refractivity contribution is 7.22. The largest absolute Gasteiger partial charge is 0.480 e. The van der Waals surface area contributed by atoms with Crippen LogP contribution in [0, 0.1) is 0 Å². The van der Waals surface area contributed by atoms with Crippen molar-refractivity contribution in [2.24, 2.45) is 5.73 Å². The highest BCUT2D eigenvalue weighted by Gasteiger charge is 2.31. The number of nitrogens with zero attached hydrogens (tertiary/aromatic N) is 1. The Balaban J connectivity index is 2.08. The van der Waals surface area contributed by atoms with Crippen LogP contribution >= 0.6 is 11.3 Å². The Labute approximate surface area is 197 Å². The lowest BCUT2D eigenvalue weighted by Crippen LogP contribution is -2.23. The Bertz CT molecular complexity index is 1440. The first-order valence-corrected chi connectivity index (χ1v) is 11.1. The zero-order valence-corrected chi connectivity index (χ0v) is 19.1. The van der Waals surface area contributed by atoms with E-state index in [-0.39, 0.29) is 28.3 Å². The van der Waals surface area contributed by atoms with Crippen molar-refractivity contribution in [2.75, 3.05) is 20.3 Å². The molecule has 0 radical (unpaired) electrons. The summed E-state index contributed by atoms with van der Waals surface area (Å²) in [6.45, 7) is 1.47. The molecular formula is C24H20N2O7S. The molecule has 1 amide bonds. The lowest BCUT2D eigenvalue weighted by atomic mass is 10.0. The minimum atomic E-state index is -1.16. The molecule has 34 heavy (non-hydrogen) atoms. The number of Topliss-reactive ketones (excluding diaryl/α,β-unsaturated/α-hetero) is 1. The van der Waals surface area contributed by atoms with Crippen molar-refractivity contribution in [3.05, 3.63) is 59.1 Å². The number of ether oxygens (including phenoxy) is 3. The van der Waals surface area contributed by atoms with Crippen molar-refractivity contribution in [1.82, 2.24) is 4.40 Å². The molecule has 10 heteroatoms. The predicted molar refractivity (Wildman–Crippen MR) is 125 cm³/mol. The Hall–Kier alpha value is -4.18. The van der Waals surface area contributed by atoms with Gasteiger partial charge in [0, 0.05) is 11.8 Å². The number of primary amides is 1. The van der Waals surface area contributed by atoms with E-state index in [2.05, 4.69) is 0 Å². The number of thiophene rings is 1. The topological polar surface area (TPSA) is 126 Å². The molecule has 0 atom stereocenters. The molecule has 0 fully saturated rings. The number of pyridine rings is 1. The fourth-order valence-corrected chi connectivity index (χ4v) is 5.02. The summed E-state index contributed by atoms with van der Waals surface area (Å²) in [5.74, 6) is -3.09. The second-order valence-corrected chi connectivity index (χ2v) is 8.12. The van der Waals surface area contributed by atoms with E-state index < -0.39 is 30.2 Å². The van der Waals surface area contributed by atoms with Crippen LogP contribution in [0.3, 0.4) is 0 Å². The standard InChI is InChI=1S/C24H20N2O7S/c1-3-32-15(27)12-33-14-10-7-11-26-18(14)17(20(28)23(25)29)21-19(26)16(13-8-5-4-6-9-13)22(34-21)24(30)31-2/h4-11H,3,12H2,1-2H3,(H2,25,29). The first kappa shape index (κ1) is 23.0. The van der Waals surface area contributed by atoms with E-state index in [1.54, 1.807) is 29.7 Å². The summed E-state index contributed by atoms with van der Waals surface area (Å²) in [4.78, 5) is 49.7. The molecule has 4 rings (SSSR count). The number of carbonyl (C=O) groups excluding carboxylic acids is 4. The molecule has 0 aliphatic rings. The number of nitrogens with two attached hydrogens (primary N) is 1. The van der Waals surface area contributed by atoms with Crippen molar-refractivity contribution in [3.63, 3.8) is 0 Å². The molecule has 2 N–H and O–H groups in total. The third-order valence-electron chi connectivity index (χ3n) is 5.08. The normalized spacial score (nSPS) is 10.9. The molecule has 0 unspecified atom stereocenters. The maximum Gasteiger partial charge on any atom is 0.348 e. The van der Waals surface area contributed by atoms with Gasteiger partial charge in [0.15, 0.2) is 6.61 Å². The summed E-state index contributed by atoms with van der Waals surface area (Å²) >= 11 is 1.02. The summed E-state index contributed by atoms with van der Waals surface area (Å²) in [5.41, 5.74) is 7.36. The van der Waals surface area contributed by atoms with Crippen LogP contribution in [0.4, 0.5) is 0 Å². The van der Waals surface area contributed by atoms with Crippen molar-refractivity contribution in [1.29, 1.82) is 0 Å².